The van der Waals surface area contributed by atoms with Crippen LogP contribution in [0.15, 0.2) is 36.5 Å². The van der Waals surface area contributed by atoms with Crippen molar-refractivity contribution in [2.75, 3.05) is 5.32 Å². The molecule has 1 saturated carbocycles. The van der Waals surface area contributed by atoms with Crippen molar-refractivity contribution in [3.8, 4) is 0 Å². The first kappa shape index (κ1) is 15.1. The van der Waals surface area contributed by atoms with Crippen LogP contribution in [0, 0.1) is 5.92 Å². The van der Waals surface area contributed by atoms with Crippen LogP contribution >= 0.6 is 11.6 Å². The molecule has 1 aliphatic carbocycles. The third-order valence-corrected chi connectivity index (χ3v) is 4.38. The molecule has 2 aromatic rings. The Labute approximate surface area is 135 Å². The van der Waals surface area contributed by atoms with Crippen LogP contribution in [-0.2, 0) is 11.3 Å². The van der Waals surface area contributed by atoms with E-state index in [0.717, 1.165) is 36.3 Å². The minimum absolute atomic E-state index is 0.108. The Morgan fingerprint density at radius 3 is 2.64 bits per heavy atom. The van der Waals surface area contributed by atoms with Crippen LogP contribution in [0.4, 0.5) is 5.82 Å². The van der Waals surface area contributed by atoms with Crippen molar-refractivity contribution < 1.29 is 4.79 Å². The zero-order chi connectivity index (χ0) is 15.4. The number of rotatable bonds is 4. The van der Waals surface area contributed by atoms with E-state index in [-0.39, 0.29) is 11.8 Å². The standard InChI is InChI=1S/C17H20ClN3O/c18-15-8-6-13(7-9-15)12-21-11-10-16(20-21)19-17(22)14-4-2-1-3-5-14/h6-11,14H,1-5,12H2,(H,19,20,22). The number of carbonyl (C=O) groups is 1. The average molecular weight is 318 g/mol. The smallest absolute Gasteiger partial charge is 0.228 e. The van der Waals surface area contributed by atoms with Gasteiger partial charge in [-0.25, -0.2) is 0 Å². The van der Waals surface area contributed by atoms with Crippen LogP contribution in [-0.4, -0.2) is 15.7 Å². The monoisotopic (exact) mass is 317 g/mol. The summed E-state index contributed by atoms with van der Waals surface area (Å²) in [4.78, 5) is 12.2. The van der Waals surface area contributed by atoms with Gasteiger partial charge in [-0.2, -0.15) is 5.10 Å². The second kappa shape index (κ2) is 6.97. The lowest BCUT2D eigenvalue weighted by Gasteiger charge is -2.19. The van der Waals surface area contributed by atoms with Crippen LogP contribution in [0.1, 0.15) is 37.7 Å². The second-order valence-electron chi connectivity index (χ2n) is 5.85. The molecule has 0 unspecified atom stereocenters. The maximum absolute atomic E-state index is 12.2. The number of benzene rings is 1. The number of nitrogens with zero attached hydrogens (tertiary/aromatic N) is 2. The number of carbonyl (C=O) groups excluding carboxylic acids is 1. The van der Waals surface area contributed by atoms with Crippen molar-refractivity contribution in [3.63, 3.8) is 0 Å². The SMILES string of the molecule is O=C(Nc1ccn(Cc2ccc(Cl)cc2)n1)C1CCCCC1. The second-order valence-corrected chi connectivity index (χ2v) is 6.29. The fraction of sp³-hybridized carbons (Fsp3) is 0.412. The summed E-state index contributed by atoms with van der Waals surface area (Å²) >= 11 is 5.88. The number of anilines is 1. The molecule has 116 valence electrons. The molecule has 4 nitrogen and oxygen atoms in total. The van der Waals surface area contributed by atoms with Crippen LogP contribution in [0.25, 0.3) is 0 Å². The molecular weight excluding hydrogens is 298 g/mol. The summed E-state index contributed by atoms with van der Waals surface area (Å²) in [7, 11) is 0. The molecule has 1 aliphatic rings. The summed E-state index contributed by atoms with van der Waals surface area (Å²) in [5.41, 5.74) is 1.12. The van der Waals surface area contributed by atoms with Gasteiger partial charge >= 0.3 is 0 Å². The van der Waals surface area contributed by atoms with Crippen molar-refractivity contribution in [2.45, 2.75) is 38.6 Å². The maximum atomic E-state index is 12.2. The zero-order valence-corrected chi connectivity index (χ0v) is 13.2. The summed E-state index contributed by atoms with van der Waals surface area (Å²) in [6, 6.07) is 9.53. The van der Waals surface area contributed by atoms with Gasteiger partial charge in [0.05, 0.1) is 6.54 Å². The molecule has 3 rings (SSSR count). The van der Waals surface area contributed by atoms with Gasteiger partial charge in [0.1, 0.15) is 0 Å². The number of halogens is 1. The topological polar surface area (TPSA) is 46.9 Å². The molecular formula is C17H20ClN3O. The Balaban J connectivity index is 1.58. The van der Waals surface area contributed by atoms with E-state index in [2.05, 4.69) is 10.4 Å². The van der Waals surface area contributed by atoms with Crippen molar-refractivity contribution in [1.29, 1.82) is 0 Å². The highest BCUT2D eigenvalue weighted by atomic mass is 35.5. The van der Waals surface area contributed by atoms with E-state index >= 15 is 0 Å². The molecule has 0 spiro atoms. The van der Waals surface area contributed by atoms with Gasteiger partial charge < -0.3 is 5.32 Å². The molecule has 0 bridgehead atoms. The van der Waals surface area contributed by atoms with Gasteiger partial charge in [0, 0.05) is 23.2 Å². The fourth-order valence-electron chi connectivity index (χ4n) is 2.89. The highest BCUT2D eigenvalue weighted by molar-refractivity contribution is 6.30. The predicted molar refractivity (Wildman–Crippen MR) is 88.0 cm³/mol. The summed E-state index contributed by atoms with van der Waals surface area (Å²) in [5, 5.41) is 8.08. The Kier molecular flexibility index (Phi) is 4.78. The summed E-state index contributed by atoms with van der Waals surface area (Å²) in [5.74, 6) is 0.885. The molecule has 1 N–H and O–H groups in total. The first-order chi connectivity index (χ1) is 10.7. The van der Waals surface area contributed by atoms with E-state index in [1.807, 2.05) is 41.2 Å². The van der Waals surface area contributed by atoms with E-state index in [0.29, 0.717) is 12.4 Å². The number of aromatic nitrogens is 2. The third-order valence-electron chi connectivity index (χ3n) is 4.13. The van der Waals surface area contributed by atoms with Crippen molar-refractivity contribution in [1.82, 2.24) is 9.78 Å². The molecule has 0 atom stereocenters. The molecule has 0 radical (unpaired) electrons. The first-order valence-electron chi connectivity index (χ1n) is 7.79. The van der Waals surface area contributed by atoms with Gasteiger partial charge in [0.15, 0.2) is 5.82 Å². The summed E-state index contributed by atoms with van der Waals surface area (Å²) < 4.78 is 1.82. The van der Waals surface area contributed by atoms with E-state index in [1.54, 1.807) is 0 Å². The molecule has 1 aromatic carbocycles. The van der Waals surface area contributed by atoms with E-state index in [9.17, 15) is 4.79 Å². The Morgan fingerprint density at radius 1 is 1.18 bits per heavy atom. The van der Waals surface area contributed by atoms with Crippen LogP contribution in [0.2, 0.25) is 5.02 Å². The zero-order valence-electron chi connectivity index (χ0n) is 12.5. The van der Waals surface area contributed by atoms with Crippen molar-refractivity contribution >= 4 is 23.3 Å². The highest BCUT2D eigenvalue weighted by Gasteiger charge is 2.21. The summed E-state index contributed by atoms with van der Waals surface area (Å²) in [6.07, 6.45) is 7.44. The maximum Gasteiger partial charge on any atom is 0.228 e. The van der Waals surface area contributed by atoms with Crippen LogP contribution < -0.4 is 5.32 Å². The molecule has 1 amide bonds. The van der Waals surface area contributed by atoms with Gasteiger partial charge in [-0.05, 0) is 30.5 Å². The molecule has 5 heteroatoms. The Morgan fingerprint density at radius 2 is 1.91 bits per heavy atom. The average Bonchev–Trinajstić information content (AvgIpc) is 2.97. The van der Waals surface area contributed by atoms with Gasteiger partial charge in [0.25, 0.3) is 0 Å². The van der Waals surface area contributed by atoms with E-state index in [1.165, 1.54) is 6.42 Å². The van der Waals surface area contributed by atoms with Crippen molar-refractivity contribution in [3.05, 3.63) is 47.1 Å². The normalized spacial score (nSPS) is 15.7. The van der Waals surface area contributed by atoms with E-state index < -0.39 is 0 Å². The minimum Gasteiger partial charge on any atom is -0.309 e. The van der Waals surface area contributed by atoms with Gasteiger partial charge in [0.2, 0.25) is 5.91 Å². The van der Waals surface area contributed by atoms with Gasteiger partial charge in [-0.1, -0.05) is 43.0 Å². The lowest BCUT2D eigenvalue weighted by atomic mass is 9.89. The third kappa shape index (κ3) is 3.89. The molecule has 0 aliphatic heterocycles. The Hall–Kier alpha value is -1.81. The molecule has 22 heavy (non-hydrogen) atoms. The number of nitrogens with one attached hydrogen (secondary N) is 1. The number of hydrogen-bond donors (Lipinski definition) is 1. The van der Waals surface area contributed by atoms with Crippen LogP contribution in [0.3, 0.4) is 0 Å². The highest BCUT2D eigenvalue weighted by Crippen LogP contribution is 2.24. The Bertz CT molecular complexity index is 630. The number of amides is 1. The van der Waals surface area contributed by atoms with E-state index in [4.69, 9.17) is 11.6 Å². The van der Waals surface area contributed by atoms with Crippen LogP contribution in [0.5, 0.6) is 0 Å². The molecule has 1 heterocycles. The van der Waals surface area contributed by atoms with Gasteiger partial charge in [-0.15, -0.1) is 0 Å². The first-order valence-corrected chi connectivity index (χ1v) is 8.17. The molecule has 0 saturated heterocycles. The van der Waals surface area contributed by atoms with Gasteiger partial charge in [-0.3, -0.25) is 9.48 Å². The molecule has 1 aromatic heterocycles. The lowest BCUT2D eigenvalue weighted by Crippen LogP contribution is -2.25. The molecule has 1 fully saturated rings. The fourth-order valence-corrected chi connectivity index (χ4v) is 3.01. The number of hydrogen-bond acceptors (Lipinski definition) is 2. The minimum atomic E-state index is 0.108. The summed E-state index contributed by atoms with van der Waals surface area (Å²) in [6.45, 7) is 0.663. The quantitative estimate of drug-likeness (QED) is 0.922. The van der Waals surface area contributed by atoms with Crippen molar-refractivity contribution in [2.24, 2.45) is 5.92 Å². The lowest BCUT2D eigenvalue weighted by molar-refractivity contribution is -0.120. The predicted octanol–water partition coefficient (Wildman–Crippen LogP) is 4.10. The largest absolute Gasteiger partial charge is 0.309 e.